The Morgan fingerprint density at radius 1 is 1.33 bits per heavy atom. The van der Waals surface area contributed by atoms with Crippen LogP contribution in [0.3, 0.4) is 0 Å². The summed E-state index contributed by atoms with van der Waals surface area (Å²) in [4.78, 5) is 30.2. The molecule has 3 amide bonds. The quantitative estimate of drug-likeness (QED) is 0.845. The summed E-state index contributed by atoms with van der Waals surface area (Å²) in [5.41, 5.74) is 3.41. The van der Waals surface area contributed by atoms with Gasteiger partial charge in [0.15, 0.2) is 5.16 Å². The average Bonchev–Trinajstić information content (AvgIpc) is 3.27. The second-order valence-electron chi connectivity index (χ2n) is 6.43. The predicted molar refractivity (Wildman–Crippen MR) is 103 cm³/mol. The summed E-state index contributed by atoms with van der Waals surface area (Å²) in [6, 6.07) is 5.27. The van der Waals surface area contributed by atoms with E-state index >= 15 is 0 Å². The van der Waals surface area contributed by atoms with Gasteiger partial charge in [-0.05, 0) is 36.6 Å². The highest BCUT2D eigenvalue weighted by molar-refractivity contribution is 7.99. The Balaban J connectivity index is 1.37. The Bertz CT molecular complexity index is 860. The molecule has 3 heterocycles. The highest BCUT2D eigenvalue weighted by Crippen LogP contribution is 2.30. The number of hydrogen-bond donors (Lipinski definition) is 2. The molecule has 2 aliphatic heterocycles. The molecule has 2 aromatic rings. The van der Waals surface area contributed by atoms with Crippen LogP contribution in [0.4, 0.5) is 21.0 Å². The standard InChI is InChI=1S/C18H21N5O3S/c1-26-18(25)23-6-2-3-12-9-13(4-5-15(12)23)20-16(24)19-10-14-11-22-7-8-27-17(22)21-14/h4-5,9,11H,2-3,6-8,10H2,1H3,(H2,19,20,24). The lowest BCUT2D eigenvalue weighted by molar-refractivity contribution is 0.178. The fourth-order valence-electron chi connectivity index (χ4n) is 3.37. The average molecular weight is 387 g/mol. The number of nitrogens with one attached hydrogen (secondary N) is 2. The van der Waals surface area contributed by atoms with E-state index in [4.69, 9.17) is 4.74 Å². The monoisotopic (exact) mass is 387 g/mol. The van der Waals surface area contributed by atoms with E-state index in [1.807, 2.05) is 18.3 Å². The number of urea groups is 1. The first kappa shape index (κ1) is 17.7. The van der Waals surface area contributed by atoms with E-state index < -0.39 is 0 Å². The SMILES string of the molecule is COC(=O)N1CCCc2cc(NC(=O)NCc3cn4c(n3)SCC4)ccc21. The van der Waals surface area contributed by atoms with Gasteiger partial charge in [-0.25, -0.2) is 14.6 Å². The summed E-state index contributed by atoms with van der Waals surface area (Å²) in [5.74, 6) is 1.06. The van der Waals surface area contributed by atoms with Crippen LogP contribution in [0.15, 0.2) is 29.6 Å². The maximum absolute atomic E-state index is 12.2. The van der Waals surface area contributed by atoms with Crippen molar-refractivity contribution in [1.82, 2.24) is 14.9 Å². The van der Waals surface area contributed by atoms with Gasteiger partial charge in [0, 0.05) is 30.7 Å². The van der Waals surface area contributed by atoms with Gasteiger partial charge >= 0.3 is 12.1 Å². The number of aryl methyl sites for hydroxylation is 2. The molecule has 0 atom stereocenters. The Labute approximate surface area is 161 Å². The maximum atomic E-state index is 12.2. The summed E-state index contributed by atoms with van der Waals surface area (Å²) in [5, 5.41) is 6.69. The summed E-state index contributed by atoms with van der Waals surface area (Å²) >= 11 is 1.73. The van der Waals surface area contributed by atoms with E-state index in [1.165, 1.54) is 7.11 Å². The number of methoxy groups -OCH3 is 1. The van der Waals surface area contributed by atoms with Gasteiger partial charge in [0.25, 0.3) is 0 Å². The highest BCUT2D eigenvalue weighted by atomic mass is 32.2. The van der Waals surface area contributed by atoms with Crippen molar-refractivity contribution >= 4 is 35.3 Å². The molecule has 2 N–H and O–H groups in total. The minimum Gasteiger partial charge on any atom is -0.452 e. The number of carbonyl (C=O) groups excluding carboxylic acids is 2. The van der Waals surface area contributed by atoms with Crippen LogP contribution in [0.2, 0.25) is 0 Å². The van der Waals surface area contributed by atoms with Gasteiger partial charge in [0.05, 0.1) is 25.0 Å². The zero-order valence-electron chi connectivity index (χ0n) is 15.0. The Morgan fingerprint density at radius 3 is 3.04 bits per heavy atom. The van der Waals surface area contributed by atoms with Crippen LogP contribution in [-0.2, 0) is 24.2 Å². The molecular weight excluding hydrogens is 366 g/mol. The molecule has 0 bridgehead atoms. The molecule has 0 spiro atoms. The van der Waals surface area contributed by atoms with Crippen LogP contribution < -0.4 is 15.5 Å². The minimum absolute atomic E-state index is 0.281. The number of nitrogens with zero attached hydrogens (tertiary/aromatic N) is 3. The number of amides is 3. The lowest BCUT2D eigenvalue weighted by Crippen LogP contribution is -2.35. The van der Waals surface area contributed by atoms with Crippen molar-refractivity contribution in [2.24, 2.45) is 0 Å². The number of aromatic nitrogens is 2. The second kappa shape index (κ2) is 7.51. The molecule has 4 rings (SSSR count). The molecule has 8 nitrogen and oxygen atoms in total. The van der Waals surface area contributed by atoms with Crippen molar-refractivity contribution in [1.29, 1.82) is 0 Å². The molecule has 27 heavy (non-hydrogen) atoms. The molecule has 0 aliphatic carbocycles. The molecule has 0 fully saturated rings. The number of carbonyl (C=O) groups is 2. The Morgan fingerprint density at radius 2 is 2.22 bits per heavy atom. The summed E-state index contributed by atoms with van der Waals surface area (Å²) in [6.07, 6.45) is 3.34. The highest BCUT2D eigenvalue weighted by Gasteiger charge is 2.23. The molecule has 0 saturated heterocycles. The van der Waals surface area contributed by atoms with E-state index in [2.05, 4.69) is 20.2 Å². The largest absolute Gasteiger partial charge is 0.452 e. The van der Waals surface area contributed by atoms with E-state index in [0.29, 0.717) is 18.8 Å². The number of imidazole rings is 1. The van der Waals surface area contributed by atoms with Crippen molar-refractivity contribution < 1.29 is 14.3 Å². The van der Waals surface area contributed by atoms with Crippen molar-refractivity contribution in [3.05, 3.63) is 35.7 Å². The summed E-state index contributed by atoms with van der Waals surface area (Å²) < 4.78 is 6.94. The van der Waals surface area contributed by atoms with Crippen molar-refractivity contribution in [3.63, 3.8) is 0 Å². The molecule has 2 aliphatic rings. The molecule has 9 heteroatoms. The lowest BCUT2D eigenvalue weighted by atomic mass is 10.0. The van der Waals surface area contributed by atoms with Crippen LogP contribution in [0.1, 0.15) is 17.7 Å². The van der Waals surface area contributed by atoms with Crippen LogP contribution in [-0.4, -0.2) is 41.1 Å². The van der Waals surface area contributed by atoms with Crippen molar-refractivity contribution in [3.8, 4) is 0 Å². The van der Waals surface area contributed by atoms with Crippen LogP contribution in [0, 0.1) is 0 Å². The first-order valence-electron chi connectivity index (χ1n) is 8.86. The number of ether oxygens (including phenoxy) is 1. The van der Waals surface area contributed by atoms with Gasteiger partial charge in [-0.2, -0.15) is 0 Å². The van der Waals surface area contributed by atoms with Crippen molar-refractivity contribution in [2.75, 3.05) is 29.6 Å². The Kier molecular flexibility index (Phi) is 4.93. The zero-order chi connectivity index (χ0) is 18.8. The molecule has 0 radical (unpaired) electrons. The van der Waals surface area contributed by atoms with E-state index in [0.717, 1.165) is 47.2 Å². The van der Waals surface area contributed by atoms with Crippen molar-refractivity contribution in [2.45, 2.75) is 31.1 Å². The second-order valence-corrected chi connectivity index (χ2v) is 7.50. The number of thioether (sulfide) groups is 1. The third-order valence-corrected chi connectivity index (χ3v) is 5.60. The number of anilines is 2. The fraction of sp³-hybridized carbons (Fsp3) is 0.389. The molecular formula is C18H21N5O3S. The first-order chi connectivity index (χ1) is 13.1. The summed E-state index contributed by atoms with van der Waals surface area (Å²) in [6.45, 7) is 1.99. The van der Waals surface area contributed by atoms with Crippen LogP contribution in [0.25, 0.3) is 0 Å². The molecule has 0 saturated carbocycles. The number of hydrogen-bond acceptors (Lipinski definition) is 5. The Hall–Kier alpha value is -2.68. The van der Waals surface area contributed by atoms with Gasteiger partial charge < -0.3 is 19.9 Å². The predicted octanol–water partition coefficient (Wildman–Crippen LogP) is 2.83. The van der Waals surface area contributed by atoms with Gasteiger partial charge in [0.1, 0.15) is 0 Å². The van der Waals surface area contributed by atoms with Gasteiger partial charge in [-0.3, -0.25) is 4.90 Å². The maximum Gasteiger partial charge on any atom is 0.414 e. The fourth-order valence-corrected chi connectivity index (χ4v) is 4.33. The summed E-state index contributed by atoms with van der Waals surface area (Å²) in [7, 11) is 1.38. The number of rotatable bonds is 3. The van der Waals surface area contributed by atoms with Crippen LogP contribution in [0.5, 0.6) is 0 Å². The van der Waals surface area contributed by atoms with E-state index in [1.54, 1.807) is 22.7 Å². The molecule has 1 aromatic carbocycles. The molecule has 142 valence electrons. The van der Waals surface area contributed by atoms with E-state index in [9.17, 15) is 9.59 Å². The van der Waals surface area contributed by atoms with E-state index in [-0.39, 0.29) is 12.1 Å². The third-order valence-electron chi connectivity index (χ3n) is 4.63. The molecule has 1 aromatic heterocycles. The van der Waals surface area contributed by atoms with Gasteiger partial charge in [-0.1, -0.05) is 11.8 Å². The topological polar surface area (TPSA) is 88.5 Å². The minimum atomic E-state index is -0.362. The van der Waals surface area contributed by atoms with Gasteiger partial charge in [0.2, 0.25) is 0 Å². The third kappa shape index (κ3) is 3.73. The zero-order valence-corrected chi connectivity index (χ0v) is 15.8. The number of benzene rings is 1. The lowest BCUT2D eigenvalue weighted by Gasteiger charge is -2.28. The first-order valence-corrected chi connectivity index (χ1v) is 9.85. The smallest absolute Gasteiger partial charge is 0.414 e. The normalized spacial score (nSPS) is 15.1. The van der Waals surface area contributed by atoms with Crippen LogP contribution >= 0.6 is 11.8 Å². The van der Waals surface area contributed by atoms with Gasteiger partial charge in [-0.15, -0.1) is 0 Å². The number of fused-ring (bicyclic) bond motifs is 2. The molecule has 0 unspecified atom stereocenters.